The summed E-state index contributed by atoms with van der Waals surface area (Å²) in [4.78, 5) is 22.9. The quantitative estimate of drug-likeness (QED) is 0.731. The molecular weight excluding hydrogens is 200 g/mol. The number of nitrogens with zero attached hydrogens (tertiary/aromatic N) is 2. The normalized spacial score (nSPS) is 10.6. The molecule has 0 spiro atoms. The van der Waals surface area contributed by atoms with Gasteiger partial charge < -0.3 is 9.84 Å². The van der Waals surface area contributed by atoms with Gasteiger partial charge in [-0.3, -0.25) is 4.79 Å². The lowest BCUT2D eigenvalue weighted by molar-refractivity contribution is 0.0519. The van der Waals surface area contributed by atoms with Crippen LogP contribution in [0.2, 0.25) is 0 Å². The fourth-order valence-electron chi connectivity index (χ4n) is 1.15. The second-order valence-electron chi connectivity index (χ2n) is 2.96. The Morgan fingerprint density at radius 2 is 2.33 bits per heavy atom. The summed E-state index contributed by atoms with van der Waals surface area (Å²) in [5.74, 6) is -1.25. The number of hydrogen-bond donors (Lipinski definition) is 1. The first kappa shape index (κ1) is 9.70. The van der Waals surface area contributed by atoms with Gasteiger partial charge in [0.1, 0.15) is 5.69 Å². The first-order valence-electron chi connectivity index (χ1n) is 5.43. The molecular formula is C9H16N2O4. The molecule has 0 bridgehead atoms. The predicted molar refractivity (Wildman–Crippen MR) is 56.1 cm³/mol. The molecule has 0 amide bonds. The molecule has 1 aromatic heterocycles. The van der Waals surface area contributed by atoms with Crippen LogP contribution in [-0.4, -0.2) is 27.5 Å². The van der Waals surface area contributed by atoms with Crippen LogP contribution in [0.25, 0.3) is 0 Å². The highest BCUT2D eigenvalue weighted by atomic mass is 16.5. The number of esters is 1. The van der Waals surface area contributed by atoms with Crippen LogP contribution in [0.1, 0.15) is 27.4 Å². The van der Waals surface area contributed by atoms with Gasteiger partial charge in [0.25, 0.3) is 5.56 Å². The molecule has 0 unspecified atom stereocenters. The summed E-state index contributed by atoms with van der Waals surface area (Å²) >= 11 is 0. The second-order valence-corrected chi connectivity index (χ2v) is 2.96. The van der Waals surface area contributed by atoms with Crippen LogP contribution in [0, 0.1) is 6.92 Å². The summed E-state index contributed by atoms with van der Waals surface area (Å²) in [5.41, 5.74) is -0.830. The fourth-order valence-corrected chi connectivity index (χ4v) is 1.15. The summed E-state index contributed by atoms with van der Waals surface area (Å²) in [6.07, 6.45) is 0. The maximum absolute atomic E-state index is 11.5. The van der Waals surface area contributed by atoms with Crippen LogP contribution >= 0.6 is 0 Å². The molecule has 0 fully saturated rings. The standard InChI is InChI=1S/C9H12N2O4.2H2/c1-4-15-9(14)6-7(12)5(2)10-11(3)8(6)13;;/h12H,4H2,1-3H3;2*1H/i;1+1D;1+1. The molecule has 0 saturated heterocycles. The SMILES string of the molecule is CCOC(=O)c1c(O)c(C)nn(C)c1=O.[2HH].[2H][2H]. The highest BCUT2D eigenvalue weighted by Crippen LogP contribution is 2.16. The molecule has 1 N–H and O–H groups in total. The molecule has 15 heavy (non-hydrogen) atoms. The number of carbonyl (C=O) groups is 1. The van der Waals surface area contributed by atoms with E-state index in [1.807, 2.05) is 0 Å². The van der Waals surface area contributed by atoms with Gasteiger partial charge in [-0.1, -0.05) is 0 Å². The third-order valence-electron chi connectivity index (χ3n) is 1.87. The van der Waals surface area contributed by atoms with Crippen molar-refractivity contribution < 1.29 is 19.0 Å². The summed E-state index contributed by atoms with van der Waals surface area (Å²) in [5, 5.41) is 13.2. The Morgan fingerprint density at radius 3 is 2.87 bits per heavy atom. The number of ether oxygens (including phenoxy) is 1. The third-order valence-corrected chi connectivity index (χ3v) is 1.87. The van der Waals surface area contributed by atoms with Crippen molar-refractivity contribution in [2.45, 2.75) is 13.8 Å². The number of hydrogen-bond acceptors (Lipinski definition) is 5. The van der Waals surface area contributed by atoms with Gasteiger partial charge in [-0.25, -0.2) is 9.48 Å². The number of rotatable bonds is 2. The van der Waals surface area contributed by atoms with Crippen molar-refractivity contribution in [3.8, 4) is 5.75 Å². The van der Waals surface area contributed by atoms with Gasteiger partial charge >= 0.3 is 5.97 Å². The second kappa shape index (κ2) is 4.12. The molecule has 1 heterocycles. The Kier molecular flexibility index (Phi) is 2.66. The van der Waals surface area contributed by atoms with E-state index in [-0.39, 0.29) is 19.3 Å². The van der Waals surface area contributed by atoms with Crippen LogP contribution < -0.4 is 5.56 Å². The fraction of sp³-hybridized carbons (Fsp3) is 0.444. The van der Waals surface area contributed by atoms with Crippen LogP contribution in [0.15, 0.2) is 4.79 Å². The van der Waals surface area contributed by atoms with Gasteiger partial charge in [-0.05, 0) is 13.8 Å². The highest BCUT2D eigenvalue weighted by molar-refractivity contribution is 5.92. The van der Waals surface area contributed by atoms with Crippen molar-refractivity contribution in [1.82, 2.24) is 9.78 Å². The molecule has 0 aliphatic carbocycles. The zero-order valence-corrected chi connectivity index (χ0v) is 8.77. The van der Waals surface area contributed by atoms with Gasteiger partial charge in [0.15, 0.2) is 11.3 Å². The van der Waals surface area contributed by atoms with Gasteiger partial charge in [0, 0.05) is 11.4 Å². The van der Waals surface area contributed by atoms with Crippen LogP contribution in [-0.2, 0) is 11.8 Å². The van der Waals surface area contributed by atoms with E-state index in [1.165, 1.54) is 14.0 Å². The van der Waals surface area contributed by atoms with E-state index >= 15 is 0 Å². The molecule has 0 aliphatic heterocycles. The lowest BCUT2D eigenvalue weighted by Gasteiger charge is -2.07. The average Bonchev–Trinajstić information content (AvgIpc) is 2.30. The number of carbonyl (C=O) groups excluding carboxylic acids is 1. The Labute approximate surface area is 90.7 Å². The van der Waals surface area contributed by atoms with Crippen molar-refractivity contribution in [3.63, 3.8) is 0 Å². The first-order valence-corrected chi connectivity index (χ1v) is 4.43. The first-order chi connectivity index (χ1) is 7.99. The van der Waals surface area contributed by atoms with Gasteiger partial charge in [0.05, 0.1) is 6.61 Å². The van der Waals surface area contributed by atoms with E-state index in [4.69, 9.17) is 2.97 Å². The molecule has 1 rings (SSSR count). The van der Waals surface area contributed by atoms with Crippen molar-refractivity contribution in [1.29, 1.82) is 0 Å². The largest absolute Gasteiger partial charge is 0.505 e. The van der Waals surface area contributed by atoms with Gasteiger partial charge in [0.2, 0.25) is 0 Å². The van der Waals surface area contributed by atoms with E-state index in [0.717, 1.165) is 4.68 Å². The smallest absolute Gasteiger partial charge is 0.347 e. The topological polar surface area (TPSA) is 81.4 Å². The van der Waals surface area contributed by atoms with Crippen LogP contribution in [0.3, 0.4) is 0 Å². The zero-order valence-electron chi connectivity index (χ0n) is 10.8. The van der Waals surface area contributed by atoms with Crippen LogP contribution in [0.4, 0.5) is 0 Å². The minimum atomic E-state index is -0.832. The predicted octanol–water partition coefficient (Wildman–Crippen LogP) is 0.463. The minimum Gasteiger partial charge on any atom is -0.505 e. The Hall–Kier alpha value is -1.85. The Balaban J connectivity index is 0. The van der Waals surface area contributed by atoms with E-state index in [1.54, 1.807) is 6.92 Å². The molecule has 1 aromatic rings. The number of aryl methyl sites for hydroxylation is 2. The molecule has 0 aromatic carbocycles. The Bertz CT molecular complexity index is 462. The molecule has 0 radical (unpaired) electrons. The van der Waals surface area contributed by atoms with E-state index in [9.17, 15) is 14.7 Å². The third kappa shape index (κ3) is 1.98. The summed E-state index contributed by atoms with van der Waals surface area (Å²) < 4.78 is 15.6. The Morgan fingerprint density at radius 1 is 1.73 bits per heavy atom. The summed E-state index contributed by atoms with van der Waals surface area (Å²) in [6.45, 7) is 3.26. The lowest BCUT2D eigenvalue weighted by Crippen LogP contribution is -2.28. The van der Waals surface area contributed by atoms with Gasteiger partial charge in [-0.15, -0.1) is 0 Å². The number of aromatic nitrogens is 2. The van der Waals surface area contributed by atoms with Crippen molar-refractivity contribution in [2.24, 2.45) is 7.05 Å². The number of aromatic hydroxyl groups is 1. The van der Waals surface area contributed by atoms with E-state index in [0.29, 0.717) is 0 Å². The average molecular weight is 219 g/mol. The van der Waals surface area contributed by atoms with E-state index in [2.05, 4.69) is 9.84 Å². The molecule has 86 valence electrons. The van der Waals surface area contributed by atoms with Crippen molar-refractivity contribution in [3.05, 3.63) is 21.6 Å². The monoisotopic (exact) mass is 219 g/mol. The maximum atomic E-state index is 11.5. The van der Waals surface area contributed by atoms with E-state index < -0.39 is 17.3 Å². The van der Waals surface area contributed by atoms with Crippen molar-refractivity contribution >= 4 is 5.97 Å². The van der Waals surface area contributed by atoms with Gasteiger partial charge in [-0.2, -0.15) is 5.10 Å². The maximum Gasteiger partial charge on any atom is 0.347 e. The molecule has 0 atom stereocenters. The molecule has 6 heteroatoms. The van der Waals surface area contributed by atoms with Crippen molar-refractivity contribution in [2.75, 3.05) is 6.61 Å². The highest BCUT2D eigenvalue weighted by Gasteiger charge is 2.21. The molecule has 0 saturated carbocycles. The van der Waals surface area contributed by atoms with Crippen LogP contribution in [0.5, 0.6) is 5.75 Å². The minimum absolute atomic E-state index is 0. The lowest BCUT2D eigenvalue weighted by atomic mass is 10.2. The summed E-state index contributed by atoms with van der Waals surface area (Å²) in [6, 6.07) is 0. The molecule has 0 aliphatic rings. The molecule has 6 nitrogen and oxygen atoms in total. The summed E-state index contributed by atoms with van der Waals surface area (Å²) in [7, 11) is 1.40. The zero-order chi connectivity index (χ0) is 13.6.